The van der Waals surface area contributed by atoms with Crippen LogP contribution in [0.25, 0.3) is 0 Å². The van der Waals surface area contributed by atoms with Gasteiger partial charge in [-0.1, -0.05) is 13.3 Å². The Morgan fingerprint density at radius 1 is 1.00 bits per heavy atom. The van der Waals surface area contributed by atoms with Crippen LogP contribution in [-0.4, -0.2) is 52.8 Å². The molecule has 2 heterocycles. The second-order valence-electron chi connectivity index (χ2n) is 8.11. The molecule has 1 aliphatic heterocycles. The van der Waals surface area contributed by atoms with Crippen LogP contribution in [0.5, 0.6) is 12.0 Å². The lowest BCUT2D eigenvalue weighted by Gasteiger charge is -2.49. The maximum absolute atomic E-state index is 5.24. The summed E-state index contributed by atoms with van der Waals surface area (Å²) < 4.78 is 10.5. The minimum absolute atomic E-state index is 0.0537. The highest BCUT2D eigenvalue weighted by Gasteiger charge is 2.40. The van der Waals surface area contributed by atoms with Crippen molar-refractivity contribution in [1.29, 1.82) is 0 Å². The molecule has 142 valence electrons. The first-order chi connectivity index (χ1) is 11.7. The molecule has 1 aromatic rings. The third-order valence-corrected chi connectivity index (χ3v) is 4.57. The first kappa shape index (κ1) is 19.7. The van der Waals surface area contributed by atoms with Crippen molar-refractivity contribution in [3.05, 3.63) is 0 Å². The molecule has 1 saturated heterocycles. The number of rotatable bonds is 7. The molecular weight excluding hydrogens is 318 g/mol. The van der Waals surface area contributed by atoms with Gasteiger partial charge in [-0.15, -0.1) is 4.98 Å². The molecule has 25 heavy (non-hydrogen) atoms. The summed E-state index contributed by atoms with van der Waals surface area (Å²) in [6.45, 7) is 12.1. The molecule has 1 aliphatic rings. The molecule has 0 spiro atoms. The summed E-state index contributed by atoms with van der Waals surface area (Å²) in [7, 11) is 3.12. The molecule has 0 bridgehead atoms. The molecule has 0 amide bonds. The van der Waals surface area contributed by atoms with Crippen LogP contribution in [0.3, 0.4) is 0 Å². The van der Waals surface area contributed by atoms with Crippen LogP contribution in [0.2, 0.25) is 0 Å². The molecule has 0 aromatic carbocycles. The van der Waals surface area contributed by atoms with Crippen LogP contribution in [0.1, 0.15) is 60.3 Å². The van der Waals surface area contributed by atoms with Gasteiger partial charge >= 0.3 is 12.0 Å². The number of methoxy groups -OCH3 is 2. The molecule has 1 fully saturated rings. The number of hydrogen-bond donors (Lipinski definition) is 1. The number of piperidine rings is 1. The van der Waals surface area contributed by atoms with Crippen molar-refractivity contribution in [3.8, 4) is 12.0 Å². The van der Waals surface area contributed by atoms with Gasteiger partial charge in [0.1, 0.15) is 0 Å². The zero-order chi connectivity index (χ0) is 18.7. The van der Waals surface area contributed by atoms with Gasteiger partial charge in [0.25, 0.3) is 0 Å². The van der Waals surface area contributed by atoms with Gasteiger partial charge in [-0.2, -0.15) is 9.97 Å². The van der Waals surface area contributed by atoms with E-state index in [2.05, 4.69) is 59.8 Å². The monoisotopic (exact) mass is 351 g/mol. The quantitative estimate of drug-likeness (QED) is 0.810. The summed E-state index contributed by atoms with van der Waals surface area (Å²) >= 11 is 0. The van der Waals surface area contributed by atoms with E-state index in [1.807, 2.05) is 0 Å². The van der Waals surface area contributed by atoms with E-state index in [0.717, 1.165) is 32.2 Å². The molecule has 0 radical (unpaired) electrons. The van der Waals surface area contributed by atoms with E-state index in [0.29, 0.717) is 12.0 Å². The van der Waals surface area contributed by atoms with E-state index in [1.54, 1.807) is 14.2 Å². The lowest BCUT2D eigenvalue weighted by Crippen LogP contribution is -2.62. The van der Waals surface area contributed by atoms with Crippen molar-refractivity contribution in [2.75, 3.05) is 25.7 Å². The van der Waals surface area contributed by atoms with Crippen molar-refractivity contribution in [2.45, 2.75) is 77.4 Å². The van der Waals surface area contributed by atoms with Gasteiger partial charge in [-0.25, -0.2) is 0 Å². The fraction of sp³-hybridized carbons (Fsp3) is 0.833. The van der Waals surface area contributed by atoms with Crippen LogP contribution in [0.15, 0.2) is 0 Å². The number of ether oxygens (including phenoxy) is 2. The van der Waals surface area contributed by atoms with Gasteiger partial charge in [0.15, 0.2) is 0 Å². The Hall–Kier alpha value is -1.63. The lowest BCUT2D eigenvalue weighted by atomic mass is 9.79. The van der Waals surface area contributed by atoms with Crippen LogP contribution in [0, 0.1) is 0 Å². The standard InChI is InChI=1S/C18H33N5O2/c1-8-9-10-23(13-11-17(2,3)22-18(4,5)12-13)14-19-15(24-6)21-16(20-14)25-7/h13,22H,8-12H2,1-7H3. The van der Waals surface area contributed by atoms with Gasteiger partial charge in [-0.05, 0) is 47.0 Å². The predicted octanol–water partition coefficient (Wildman–Crippen LogP) is 2.80. The average Bonchev–Trinajstić information content (AvgIpc) is 2.52. The topological polar surface area (TPSA) is 72.4 Å². The zero-order valence-electron chi connectivity index (χ0n) is 16.7. The van der Waals surface area contributed by atoms with Gasteiger partial charge in [0, 0.05) is 23.7 Å². The SMILES string of the molecule is CCCCN(c1nc(OC)nc(OC)n1)C1CC(C)(C)NC(C)(C)C1. The largest absolute Gasteiger partial charge is 0.467 e. The normalized spacial score (nSPS) is 19.5. The van der Waals surface area contributed by atoms with Crippen LogP contribution in [-0.2, 0) is 0 Å². The van der Waals surface area contributed by atoms with Gasteiger partial charge < -0.3 is 19.7 Å². The van der Waals surface area contributed by atoms with Gasteiger partial charge in [-0.3, -0.25) is 0 Å². The van der Waals surface area contributed by atoms with E-state index >= 15 is 0 Å². The highest BCUT2D eigenvalue weighted by atomic mass is 16.5. The number of unbranched alkanes of at least 4 members (excludes halogenated alkanes) is 1. The van der Waals surface area contributed by atoms with Crippen LogP contribution in [0.4, 0.5) is 5.95 Å². The predicted molar refractivity (Wildman–Crippen MR) is 99.5 cm³/mol. The Morgan fingerprint density at radius 3 is 1.96 bits per heavy atom. The molecule has 7 heteroatoms. The number of nitrogens with zero attached hydrogens (tertiary/aromatic N) is 4. The van der Waals surface area contributed by atoms with E-state index in [1.165, 1.54) is 0 Å². The highest BCUT2D eigenvalue weighted by molar-refractivity contribution is 5.35. The first-order valence-electron chi connectivity index (χ1n) is 9.10. The third-order valence-electron chi connectivity index (χ3n) is 4.57. The minimum Gasteiger partial charge on any atom is -0.467 e. The van der Waals surface area contributed by atoms with E-state index < -0.39 is 0 Å². The molecule has 0 saturated carbocycles. The summed E-state index contributed by atoms with van der Waals surface area (Å²) in [6.07, 6.45) is 4.25. The smallest absolute Gasteiger partial charge is 0.324 e. The van der Waals surface area contributed by atoms with Crippen LogP contribution < -0.4 is 19.7 Å². The van der Waals surface area contributed by atoms with Crippen molar-refractivity contribution in [1.82, 2.24) is 20.3 Å². The Bertz CT molecular complexity index is 538. The zero-order valence-corrected chi connectivity index (χ0v) is 16.7. The fourth-order valence-electron chi connectivity index (χ4n) is 3.90. The average molecular weight is 351 g/mol. The molecule has 1 N–H and O–H groups in total. The van der Waals surface area contributed by atoms with E-state index in [-0.39, 0.29) is 23.1 Å². The molecule has 1 aromatic heterocycles. The maximum Gasteiger partial charge on any atom is 0.324 e. The second kappa shape index (κ2) is 7.72. The Balaban J connectivity index is 2.38. The van der Waals surface area contributed by atoms with Crippen molar-refractivity contribution in [2.24, 2.45) is 0 Å². The molecule has 7 nitrogen and oxygen atoms in total. The maximum atomic E-state index is 5.24. The molecule has 0 unspecified atom stereocenters. The molecular formula is C18H33N5O2. The van der Waals surface area contributed by atoms with Crippen LogP contribution >= 0.6 is 0 Å². The molecule has 0 aliphatic carbocycles. The van der Waals surface area contributed by atoms with Gasteiger partial charge in [0.05, 0.1) is 14.2 Å². The Kier molecular flexibility index (Phi) is 6.08. The Morgan fingerprint density at radius 2 is 1.52 bits per heavy atom. The number of anilines is 1. The van der Waals surface area contributed by atoms with E-state index in [4.69, 9.17) is 9.47 Å². The van der Waals surface area contributed by atoms with Crippen molar-refractivity contribution < 1.29 is 9.47 Å². The summed E-state index contributed by atoms with van der Waals surface area (Å²) in [5.74, 6) is 0.635. The lowest BCUT2D eigenvalue weighted by molar-refractivity contribution is 0.157. The third kappa shape index (κ3) is 5.17. The summed E-state index contributed by atoms with van der Waals surface area (Å²) in [5, 5.41) is 3.74. The summed E-state index contributed by atoms with van der Waals surface area (Å²) in [5.41, 5.74) is 0.107. The molecule has 0 atom stereocenters. The molecule has 2 rings (SSSR count). The minimum atomic E-state index is 0.0537. The van der Waals surface area contributed by atoms with Crippen molar-refractivity contribution >= 4 is 5.95 Å². The number of aromatic nitrogens is 3. The number of hydrogen-bond acceptors (Lipinski definition) is 7. The van der Waals surface area contributed by atoms with Gasteiger partial charge in [0.2, 0.25) is 5.95 Å². The summed E-state index contributed by atoms with van der Waals surface area (Å²) in [4.78, 5) is 15.4. The first-order valence-corrected chi connectivity index (χ1v) is 9.10. The summed E-state index contributed by atoms with van der Waals surface area (Å²) in [6, 6.07) is 0.918. The Labute approximate surface area is 151 Å². The van der Waals surface area contributed by atoms with E-state index in [9.17, 15) is 0 Å². The van der Waals surface area contributed by atoms with Crippen molar-refractivity contribution in [3.63, 3.8) is 0 Å². The fourth-order valence-corrected chi connectivity index (χ4v) is 3.90. The second-order valence-corrected chi connectivity index (χ2v) is 8.11. The number of nitrogens with one attached hydrogen (secondary N) is 1. The highest BCUT2D eigenvalue weighted by Crippen LogP contribution is 2.33.